The van der Waals surface area contributed by atoms with Crippen LogP contribution in [0.4, 0.5) is 10.1 Å². The first-order chi connectivity index (χ1) is 9.20. The monoisotopic (exact) mass is 274 g/mol. The molecule has 19 heavy (non-hydrogen) atoms. The number of nitrogens with zero attached hydrogens (tertiary/aromatic N) is 1. The van der Waals surface area contributed by atoms with Crippen molar-refractivity contribution < 1.29 is 9.18 Å². The van der Waals surface area contributed by atoms with Gasteiger partial charge in [-0.3, -0.25) is 4.79 Å². The van der Waals surface area contributed by atoms with Crippen molar-refractivity contribution in [3.8, 4) is 6.07 Å². The third-order valence-corrected chi connectivity index (χ3v) is 3.49. The second-order valence-electron chi connectivity index (χ2n) is 3.93. The molecule has 1 heterocycles. The average Bonchev–Trinajstić information content (AvgIpc) is 2.91. The fraction of sp³-hybridized carbons (Fsp3) is 0.143. The third kappa shape index (κ3) is 3.39. The van der Waals surface area contributed by atoms with Gasteiger partial charge in [-0.25, -0.2) is 4.39 Å². The molecule has 2 aromatic rings. The van der Waals surface area contributed by atoms with Crippen molar-refractivity contribution in [2.45, 2.75) is 6.42 Å². The maximum absolute atomic E-state index is 13.4. The maximum atomic E-state index is 13.4. The van der Waals surface area contributed by atoms with Gasteiger partial charge < -0.3 is 5.32 Å². The van der Waals surface area contributed by atoms with Crippen molar-refractivity contribution in [3.05, 3.63) is 52.5 Å². The van der Waals surface area contributed by atoms with Gasteiger partial charge in [-0.15, -0.1) is 11.3 Å². The van der Waals surface area contributed by atoms with Gasteiger partial charge in [0.05, 0.1) is 11.8 Å². The minimum atomic E-state index is -0.821. The lowest BCUT2D eigenvalue weighted by atomic mass is 10.1. The summed E-state index contributed by atoms with van der Waals surface area (Å²) in [7, 11) is 0. The second-order valence-corrected chi connectivity index (χ2v) is 4.97. The normalized spacial score (nSPS) is 11.6. The Morgan fingerprint density at radius 2 is 2.16 bits per heavy atom. The third-order valence-electron chi connectivity index (χ3n) is 2.59. The van der Waals surface area contributed by atoms with Crippen molar-refractivity contribution in [2.75, 3.05) is 5.32 Å². The summed E-state index contributed by atoms with van der Waals surface area (Å²) in [6.07, 6.45) is 0.342. The Morgan fingerprint density at radius 1 is 1.37 bits per heavy atom. The van der Waals surface area contributed by atoms with E-state index in [0.717, 1.165) is 4.88 Å². The van der Waals surface area contributed by atoms with Crippen LogP contribution in [-0.2, 0) is 11.2 Å². The molecule has 0 unspecified atom stereocenters. The molecule has 0 spiro atoms. The summed E-state index contributed by atoms with van der Waals surface area (Å²) in [6.45, 7) is 0. The number of carbonyl (C=O) groups excluding carboxylic acids is 1. The SMILES string of the molecule is N#C[C@@H](Cc1cccs1)C(=O)Nc1ccccc1F. The number of benzene rings is 1. The summed E-state index contributed by atoms with van der Waals surface area (Å²) in [5.74, 6) is -1.82. The fourth-order valence-electron chi connectivity index (χ4n) is 1.61. The zero-order chi connectivity index (χ0) is 13.7. The molecule has 2 rings (SSSR count). The molecule has 0 aliphatic heterocycles. The summed E-state index contributed by atoms with van der Waals surface area (Å²) in [4.78, 5) is 12.9. The van der Waals surface area contributed by atoms with Crippen LogP contribution in [0.3, 0.4) is 0 Å². The van der Waals surface area contributed by atoms with Crippen LogP contribution < -0.4 is 5.32 Å². The molecule has 0 aliphatic carbocycles. The van der Waals surface area contributed by atoms with Crippen LogP contribution in [0.5, 0.6) is 0 Å². The molecule has 1 N–H and O–H groups in total. The van der Waals surface area contributed by atoms with Crippen molar-refractivity contribution in [1.29, 1.82) is 5.26 Å². The van der Waals surface area contributed by atoms with E-state index in [1.807, 2.05) is 23.6 Å². The topological polar surface area (TPSA) is 52.9 Å². The van der Waals surface area contributed by atoms with Crippen LogP contribution in [0.2, 0.25) is 0 Å². The highest BCUT2D eigenvalue weighted by atomic mass is 32.1. The molecule has 1 amide bonds. The first-order valence-electron chi connectivity index (χ1n) is 5.68. The molecule has 0 aliphatic rings. The summed E-state index contributed by atoms with van der Waals surface area (Å²) in [5.41, 5.74) is 0.0962. The molecule has 0 fully saturated rings. The Bertz CT molecular complexity index is 604. The van der Waals surface area contributed by atoms with Crippen LogP contribution >= 0.6 is 11.3 Å². The first kappa shape index (κ1) is 13.2. The van der Waals surface area contributed by atoms with E-state index < -0.39 is 17.6 Å². The lowest BCUT2D eigenvalue weighted by Crippen LogP contribution is -2.23. The van der Waals surface area contributed by atoms with Gasteiger partial charge >= 0.3 is 0 Å². The number of thiophene rings is 1. The Balaban J connectivity index is 2.06. The lowest BCUT2D eigenvalue weighted by Gasteiger charge is -2.09. The molecule has 0 saturated carbocycles. The van der Waals surface area contributed by atoms with Gasteiger partial charge in [-0.05, 0) is 23.6 Å². The van der Waals surface area contributed by atoms with Crippen LogP contribution in [0.25, 0.3) is 0 Å². The predicted octanol–water partition coefficient (Wildman–Crippen LogP) is 3.21. The zero-order valence-electron chi connectivity index (χ0n) is 9.97. The van der Waals surface area contributed by atoms with Gasteiger partial charge in [-0.2, -0.15) is 5.26 Å². The van der Waals surface area contributed by atoms with E-state index in [4.69, 9.17) is 5.26 Å². The van der Waals surface area contributed by atoms with E-state index in [2.05, 4.69) is 5.32 Å². The number of hydrogen-bond acceptors (Lipinski definition) is 3. The zero-order valence-corrected chi connectivity index (χ0v) is 10.8. The standard InChI is InChI=1S/C14H11FN2OS/c15-12-5-1-2-6-13(12)17-14(18)10(9-16)8-11-4-3-7-19-11/h1-7,10H,8H2,(H,17,18)/t10-/m1/s1. The van der Waals surface area contributed by atoms with Crippen molar-refractivity contribution in [1.82, 2.24) is 0 Å². The number of anilines is 1. The minimum absolute atomic E-state index is 0.0962. The Kier molecular flexibility index (Phi) is 4.26. The number of amides is 1. The molecule has 0 radical (unpaired) electrons. The summed E-state index contributed by atoms with van der Waals surface area (Å²) >= 11 is 1.49. The number of nitriles is 1. The Hall–Kier alpha value is -2.19. The molecule has 1 aromatic heterocycles. The molecule has 1 atom stereocenters. The predicted molar refractivity (Wildman–Crippen MR) is 72.2 cm³/mol. The van der Waals surface area contributed by atoms with Crippen LogP contribution in [-0.4, -0.2) is 5.91 Å². The van der Waals surface area contributed by atoms with Gasteiger partial charge in [0, 0.05) is 11.3 Å². The summed E-state index contributed by atoms with van der Waals surface area (Å²) < 4.78 is 13.4. The number of halogens is 1. The fourth-order valence-corrected chi connectivity index (χ4v) is 2.36. The van der Waals surface area contributed by atoms with Gasteiger partial charge in [-0.1, -0.05) is 18.2 Å². The minimum Gasteiger partial charge on any atom is -0.322 e. The Labute approximate surface area is 114 Å². The highest BCUT2D eigenvalue weighted by Crippen LogP contribution is 2.17. The highest BCUT2D eigenvalue weighted by molar-refractivity contribution is 7.09. The van der Waals surface area contributed by atoms with Crippen molar-refractivity contribution in [3.63, 3.8) is 0 Å². The van der Waals surface area contributed by atoms with E-state index in [-0.39, 0.29) is 5.69 Å². The first-order valence-corrected chi connectivity index (χ1v) is 6.56. The number of hydrogen-bond donors (Lipinski definition) is 1. The number of carbonyl (C=O) groups is 1. The summed E-state index contributed by atoms with van der Waals surface area (Å²) in [6, 6.07) is 11.6. The second kappa shape index (κ2) is 6.12. The highest BCUT2D eigenvalue weighted by Gasteiger charge is 2.19. The largest absolute Gasteiger partial charge is 0.322 e. The lowest BCUT2D eigenvalue weighted by molar-refractivity contribution is -0.118. The van der Waals surface area contributed by atoms with Gasteiger partial charge in [0.2, 0.25) is 5.91 Å². The number of rotatable bonds is 4. The quantitative estimate of drug-likeness (QED) is 0.930. The van der Waals surface area contributed by atoms with Crippen LogP contribution in [0, 0.1) is 23.1 Å². The number of para-hydroxylation sites is 1. The number of nitrogens with one attached hydrogen (secondary N) is 1. The summed E-state index contributed by atoms with van der Waals surface area (Å²) in [5, 5.41) is 13.4. The van der Waals surface area contributed by atoms with E-state index >= 15 is 0 Å². The van der Waals surface area contributed by atoms with Crippen molar-refractivity contribution in [2.24, 2.45) is 5.92 Å². The van der Waals surface area contributed by atoms with Gasteiger partial charge in [0.1, 0.15) is 11.7 Å². The molecule has 0 saturated heterocycles. The molecule has 0 bridgehead atoms. The van der Waals surface area contributed by atoms with E-state index in [1.165, 1.54) is 23.5 Å². The molecule has 5 heteroatoms. The van der Waals surface area contributed by atoms with E-state index in [1.54, 1.807) is 12.1 Å². The molecule has 96 valence electrons. The molecular formula is C14H11FN2OS. The van der Waals surface area contributed by atoms with Gasteiger partial charge in [0.15, 0.2) is 0 Å². The van der Waals surface area contributed by atoms with E-state index in [0.29, 0.717) is 6.42 Å². The van der Waals surface area contributed by atoms with Gasteiger partial charge in [0.25, 0.3) is 0 Å². The van der Waals surface area contributed by atoms with Crippen molar-refractivity contribution >= 4 is 22.9 Å². The van der Waals surface area contributed by atoms with E-state index in [9.17, 15) is 9.18 Å². The Morgan fingerprint density at radius 3 is 2.79 bits per heavy atom. The van der Waals surface area contributed by atoms with Crippen LogP contribution in [0.1, 0.15) is 4.88 Å². The molecule has 3 nitrogen and oxygen atoms in total. The smallest absolute Gasteiger partial charge is 0.242 e. The van der Waals surface area contributed by atoms with Crippen LogP contribution in [0.15, 0.2) is 41.8 Å². The maximum Gasteiger partial charge on any atom is 0.242 e. The molecular weight excluding hydrogens is 263 g/mol. The molecule has 1 aromatic carbocycles. The average molecular weight is 274 g/mol.